The first kappa shape index (κ1) is 8.51. The second kappa shape index (κ2) is 2.80. The van der Waals surface area contributed by atoms with Crippen LogP contribution in [0.2, 0.25) is 0 Å². The zero-order chi connectivity index (χ0) is 9.30. The summed E-state index contributed by atoms with van der Waals surface area (Å²) < 4.78 is 25.3. The van der Waals surface area contributed by atoms with Gasteiger partial charge in [-0.3, -0.25) is 0 Å². The smallest absolute Gasteiger partial charge is 0.358 e. The van der Waals surface area contributed by atoms with Crippen LogP contribution in [0, 0.1) is 28.7 Å². The predicted molar refractivity (Wildman–Crippen MR) is 35.5 cm³/mol. The maximum atomic E-state index is 12.8. The molecule has 0 saturated carbocycles. The van der Waals surface area contributed by atoms with Gasteiger partial charge in [-0.05, 0) is 16.8 Å². The van der Waals surface area contributed by atoms with E-state index >= 15 is 0 Å². The van der Waals surface area contributed by atoms with Crippen molar-refractivity contribution in [1.29, 1.82) is 0 Å². The summed E-state index contributed by atoms with van der Waals surface area (Å²) in [6.07, 6.45) is 0.622. The lowest BCUT2D eigenvalue weighted by Gasteiger charge is -1.96. The maximum Gasteiger partial charge on any atom is 0.400 e. The molecule has 0 atom stereocenters. The summed E-state index contributed by atoms with van der Waals surface area (Å²) in [5.41, 5.74) is -0.392. The van der Waals surface area contributed by atoms with Gasteiger partial charge in [0.15, 0.2) is 12.0 Å². The first-order valence-corrected chi connectivity index (χ1v) is 2.99. The summed E-state index contributed by atoms with van der Waals surface area (Å²) in [4.78, 5) is 12.1. The Balaban J connectivity index is 3.36. The summed E-state index contributed by atoms with van der Waals surface area (Å²) in [5.74, 6) is -3.06. The largest absolute Gasteiger partial charge is 0.400 e. The van der Waals surface area contributed by atoms with E-state index in [0.717, 1.165) is 6.92 Å². The zero-order valence-electron chi connectivity index (χ0n) is 6.04. The molecular weight excluding hydrogens is 170 g/mol. The molecule has 1 heterocycles. The second-order valence-corrected chi connectivity index (χ2v) is 2.13. The molecule has 1 aromatic heterocycles. The fourth-order valence-corrected chi connectivity index (χ4v) is 0.671. The Labute approximate surface area is 66.0 Å². The molecule has 0 saturated heterocycles. The van der Waals surface area contributed by atoms with Crippen LogP contribution in [0.4, 0.5) is 14.6 Å². The highest BCUT2D eigenvalue weighted by atomic mass is 19.1. The van der Waals surface area contributed by atoms with Crippen molar-refractivity contribution < 1.29 is 13.7 Å². The van der Waals surface area contributed by atoms with Crippen LogP contribution >= 0.6 is 0 Å². The summed E-state index contributed by atoms with van der Waals surface area (Å²) in [6.45, 7) is 1.11. The Morgan fingerprint density at radius 3 is 2.67 bits per heavy atom. The molecule has 0 aliphatic carbocycles. The quantitative estimate of drug-likeness (QED) is 0.479. The topological polar surface area (TPSA) is 56.0 Å². The van der Waals surface area contributed by atoms with Crippen molar-refractivity contribution in [2.45, 2.75) is 6.92 Å². The van der Waals surface area contributed by atoms with E-state index in [1.165, 1.54) is 0 Å². The van der Waals surface area contributed by atoms with Gasteiger partial charge in [-0.1, -0.05) is 0 Å². The van der Waals surface area contributed by atoms with Gasteiger partial charge in [0.1, 0.15) is 0 Å². The van der Waals surface area contributed by atoms with E-state index in [0.29, 0.717) is 6.20 Å². The summed E-state index contributed by atoms with van der Waals surface area (Å²) in [5, 5.41) is 10.1. The van der Waals surface area contributed by atoms with Gasteiger partial charge in [-0.2, -0.15) is 4.39 Å². The van der Waals surface area contributed by atoms with Crippen molar-refractivity contribution in [1.82, 2.24) is 4.98 Å². The summed E-state index contributed by atoms with van der Waals surface area (Å²) >= 11 is 0. The number of hydrogen-bond donors (Lipinski definition) is 0. The van der Waals surface area contributed by atoms with E-state index in [1.54, 1.807) is 0 Å². The Hall–Kier alpha value is -1.59. The highest BCUT2D eigenvalue weighted by molar-refractivity contribution is 5.28. The predicted octanol–water partition coefficient (Wildman–Crippen LogP) is 1.58. The van der Waals surface area contributed by atoms with Crippen molar-refractivity contribution in [3.05, 3.63) is 33.5 Å². The maximum absolute atomic E-state index is 12.8. The molecule has 0 bridgehead atoms. The number of nitro groups is 1. The van der Waals surface area contributed by atoms with E-state index in [9.17, 15) is 18.9 Å². The molecule has 0 spiro atoms. The number of aromatic nitrogens is 1. The van der Waals surface area contributed by atoms with Gasteiger partial charge in [-0.25, -0.2) is 4.39 Å². The third kappa shape index (κ3) is 1.23. The number of rotatable bonds is 1. The zero-order valence-corrected chi connectivity index (χ0v) is 6.04. The van der Waals surface area contributed by atoms with Gasteiger partial charge in [0.05, 0.1) is 0 Å². The lowest BCUT2D eigenvalue weighted by Crippen LogP contribution is -2.00. The number of hydrogen-bond acceptors (Lipinski definition) is 3. The van der Waals surface area contributed by atoms with Crippen LogP contribution in [0.3, 0.4) is 0 Å². The minimum Gasteiger partial charge on any atom is -0.358 e. The van der Waals surface area contributed by atoms with Gasteiger partial charge in [0, 0.05) is 5.56 Å². The summed E-state index contributed by atoms with van der Waals surface area (Å²) in [6, 6.07) is 0. The third-order valence-corrected chi connectivity index (χ3v) is 1.36. The SMILES string of the molecule is Cc1c(F)cnc([N+](=O)[O-])c1F. The van der Waals surface area contributed by atoms with Gasteiger partial charge in [-0.15, -0.1) is 0 Å². The Morgan fingerprint density at radius 2 is 2.17 bits per heavy atom. The molecule has 6 heteroatoms. The van der Waals surface area contributed by atoms with Crippen LogP contribution in [-0.2, 0) is 0 Å². The van der Waals surface area contributed by atoms with Crippen LogP contribution in [-0.4, -0.2) is 9.91 Å². The minimum atomic E-state index is -1.22. The van der Waals surface area contributed by atoms with Crippen molar-refractivity contribution in [3.8, 4) is 0 Å². The number of pyridine rings is 1. The fourth-order valence-electron chi connectivity index (χ4n) is 0.671. The van der Waals surface area contributed by atoms with E-state index in [1.807, 2.05) is 0 Å². The first-order valence-electron chi connectivity index (χ1n) is 2.99. The van der Waals surface area contributed by atoms with Crippen molar-refractivity contribution in [2.75, 3.05) is 0 Å². The molecule has 0 aliphatic heterocycles. The molecule has 1 aromatic rings. The van der Waals surface area contributed by atoms with Gasteiger partial charge >= 0.3 is 5.82 Å². The lowest BCUT2D eigenvalue weighted by atomic mass is 10.2. The number of nitrogens with zero attached hydrogens (tertiary/aromatic N) is 2. The first-order chi connectivity index (χ1) is 5.54. The van der Waals surface area contributed by atoms with Crippen LogP contribution in [0.15, 0.2) is 6.20 Å². The molecule has 0 radical (unpaired) electrons. The van der Waals surface area contributed by atoms with Gasteiger partial charge < -0.3 is 10.1 Å². The van der Waals surface area contributed by atoms with Gasteiger partial charge in [0.2, 0.25) is 5.82 Å². The second-order valence-electron chi connectivity index (χ2n) is 2.13. The van der Waals surface area contributed by atoms with E-state index in [2.05, 4.69) is 4.98 Å². The molecule has 0 unspecified atom stereocenters. The van der Waals surface area contributed by atoms with E-state index < -0.39 is 27.9 Å². The van der Waals surface area contributed by atoms with Crippen LogP contribution in [0.25, 0.3) is 0 Å². The van der Waals surface area contributed by atoms with Crippen molar-refractivity contribution in [3.63, 3.8) is 0 Å². The average Bonchev–Trinajstić information content (AvgIpc) is 2.00. The van der Waals surface area contributed by atoms with Gasteiger partial charge in [0.25, 0.3) is 0 Å². The van der Waals surface area contributed by atoms with Crippen LogP contribution in [0.1, 0.15) is 5.56 Å². The lowest BCUT2D eigenvalue weighted by molar-refractivity contribution is -0.392. The van der Waals surface area contributed by atoms with Crippen LogP contribution in [0.5, 0.6) is 0 Å². The fraction of sp³-hybridized carbons (Fsp3) is 0.167. The third-order valence-electron chi connectivity index (χ3n) is 1.36. The molecule has 4 nitrogen and oxygen atoms in total. The molecular formula is C6H4F2N2O2. The number of halogens is 2. The Morgan fingerprint density at radius 1 is 1.58 bits per heavy atom. The average molecular weight is 174 g/mol. The highest BCUT2D eigenvalue weighted by Crippen LogP contribution is 2.18. The van der Waals surface area contributed by atoms with Crippen molar-refractivity contribution in [2.24, 2.45) is 0 Å². The van der Waals surface area contributed by atoms with E-state index in [-0.39, 0.29) is 0 Å². The molecule has 0 N–H and O–H groups in total. The standard InChI is InChI=1S/C6H4F2N2O2/c1-3-4(7)2-9-6(5(3)8)10(11)12/h2H,1H3. The Bertz CT molecular complexity index is 341. The van der Waals surface area contributed by atoms with Crippen LogP contribution < -0.4 is 0 Å². The molecule has 0 aliphatic rings. The molecule has 64 valence electrons. The Kier molecular flexibility index (Phi) is 1.99. The highest BCUT2D eigenvalue weighted by Gasteiger charge is 2.20. The molecule has 0 amide bonds. The monoisotopic (exact) mass is 174 g/mol. The minimum absolute atomic E-state index is 0.392. The summed E-state index contributed by atoms with van der Waals surface area (Å²) in [7, 11) is 0. The van der Waals surface area contributed by atoms with E-state index in [4.69, 9.17) is 0 Å². The molecule has 0 aromatic carbocycles. The molecule has 12 heavy (non-hydrogen) atoms. The van der Waals surface area contributed by atoms with Crippen molar-refractivity contribution >= 4 is 5.82 Å². The molecule has 1 rings (SSSR count). The molecule has 0 fully saturated rings. The normalized spacial score (nSPS) is 9.92.